The van der Waals surface area contributed by atoms with Gasteiger partial charge in [0.2, 0.25) is 0 Å². The summed E-state index contributed by atoms with van der Waals surface area (Å²) >= 11 is 0. The van der Waals surface area contributed by atoms with Gasteiger partial charge >= 0.3 is 0 Å². The Morgan fingerprint density at radius 2 is 2.06 bits per heavy atom. The first-order chi connectivity index (χ1) is 7.93. The molecule has 0 aromatic carbocycles. The molecule has 3 aliphatic heterocycles. The summed E-state index contributed by atoms with van der Waals surface area (Å²) in [6.07, 6.45) is 8.60. The molecule has 3 nitrogen and oxygen atoms in total. The Morgan fingerprint density at radius 1 is 1.06 bits per heavy atom. The number of ether oxygens (including phenoxy) is 1. The van der Waals surface area contributed by atoms with Crippen molar-refractivity contribution in [2.24, 2.45) is 0 Å². The summed E-state index contributed by atoms with van der Waals surface area (Å²) in [7, 11) is 0. The van der Waals surface area contributed by atoms with Gasteiger partial charge in [0.05, 0.1) is 6.10 Å². The Kier molecular flexibility index (Phi) is 3.46. The average molecular weight is 224 g/mol. The molecular weight excluding hydrogens is 200 g/mol. The Balaban J connectivity index is 1.47. The second-order valence-corrected chi connectivity index (χ2v) is 5.54. The second-order valence-electron chi connectivity index (χ2n) is 5.54. The SMILES string of the molecule is C1COC(CNC2CCN3CCCCC23)C1. The van der Waals surface area contributed by atoms with E-state index in [0.717, 1.165) is 25.2 Å². The Morgan fingerprint density at radius 3 is 2.94 bits per heavy atom. The van der Waals surface area contributed by atoms with Gasteiger partial charge in [-0.2, -0.15) is 0 Å². The Labute approximate surface area is 98.5 Å². The van der Waals surface area contributed by atoms with E-state index in [1.54, 1.807) is 0 Å². The molecule has 3 rings (SSSR count). The highest BCUT2D eigenvalue weighted by Crippen LogP contribution is 2.27. The Bertz CT molecular complexity index is 228. The predicted molar refractivity (Wildman–Crippen MR) is 64.6 cm³/mol. The van der Waals surface area contributed by atoms with Crippen LogP contribution in [0.15, 0.2) is 0 Å². The summed E-state index contributed by atoms with van der Waals surface area (Å²) in [5.74, 6) is 0. The van der Waals surface area contributed by atoms with Crippen LogP contribution in [0.1, 0.15) is 38.5 Å². The average Bonchev–Trinajstić information content (AvgIpc) is 2.96. The third-order valence-corrected chi connectivity index (χ3v) is 4.49. The van der Waals surface area contributed by atoms with Crippen LogP contribution in [-0.2, 0) is 4.74 Å². The number of hydrogen-bond donors (Lipinski definition) is 1. The van der Waals surface area contributed by atoms with E-state index in [1.807, 2.05) is 0 Å². The van der Waals surface area contributed by atoms with Gasteiger partial charge in [0.15, 0.2) is 0 Å². The van der Waals surface area contributed by atoms with Crippen molar-refractivity contribution in [2.45, 2.75) is 56.7 Å². The molecule has 3 atom stereocenters. The maximum atomic E-state index is 5.67. The quantitative estimate of drug-likeness (QED) is 0.784. The highest BCUT2D eigenvalue weighted by atomic mass is 16.5. The van der Waals surface area contributed by atoms with Crippen molar-refractivity contribution in [3.05, 3.63) is 0 Å². The van der Waals surface area contributed by atoms with Gasteiger partial charge in [-0.15, -0.1) is 0 Å². The van der Waals surface area contributed by atoms with E-state index in [4.69, 9.17) is 4.74 Å². The minimum atomic E-state index is 0.498. The fourth-order valence-electron chi connectivity index (χ4n) is 3.57. The third kappa shape index (κ3) is 2.27. The smallest absolute Gasteiger partial charge is 0.0700 e. The highest BCUT2D eigenvalue weighted by molar-refractivity contribution is 4.94. The van der Waals surface area contributed by atoms with Crippen LogP contribution in [0.2, 0.25) is 0 Å². The van der Waals surface area contributed by atoms with Crippen LogP contribution in [0.3, 0.4) is 0 Å². The van der Waals surface area contributed by atoms with Crippen molar-refractivity contribution in [1.82, 2.24) is 10.2 Å². The second kappa shape index (κ2) is 5.03. The topological polar surface area (TPSA) is 24.5 Å². The van der Waals surface area contributed by atoms with Gasteiger partial charge in [0.25, 0.3) is 0 Å². The summed E-state index contributed by atoms with van der Waals surface area (Å²) < 4.78 is 5.67. The Hall–Kier alpha value is -0.120. The van der Waals surface area contributed by atoms with Gasteiger partial charge in [0.1, 0.15) is 0 Å². The molecule has 3 saturated heterocycles. The molecule has 3 aliphatic rings. The first-order valence-corrected chi connectivity index (χ1v) is 7.02. The van der Waals surface area contributed by atoms with Crippen LogP contribution >= 0.6 is 0 Å². The summed E-state index contributed by atoms with van der Waals surface area (Å²) in [6, 6.07) is 1.57. The zero-order valence-corrected chi connectivity index (χ0v) is 10.2. The number of nitrogens with zero attached hydrogens (tertiary/aromatic N) is 1. The number of piperidine rings is 1. The normalized spacial score (nSPS) is 40.1. The molecule has 0 bridgehead atoms. The predicted octanol–water partition coefficient (Wildman–Crippen LogP) is 1.38. The molecule has 3 heterocycles. The third-order valence-electron chi connectivity index (χ3n) is 4.49. The molecule has 92 valence electrons. The van der Waals surface area contributed by atoms with Crippen molar-refractivity contribution < 1.29 is 4.74 Å². The van der Waals surface area contributed by atoms with E-state index in [1.165, 1.54) is 51.6 Å². The monoisotopic (exact) mass is 224 g/mol. The minimum absolute atomic E-state index is 0.498. The molecule has 0 aromatic heterocycles. The van der Waals surface area contributed by atoms with Gasteiger partial charge in [0, 0.05) is 31.8 Å². The van der Waals surface area contributed by atoms with Crippen molar-refractivity contribution in [3.63, 3.8) is 0 Å². The van der Waals surface area contributed by atoms with Crippen molar-refractivity contribution in [1.29, 1.82) is 0 Å². The molecule has 0 spiro atoms. The van der Waals surface area contributed by atoms with Gasteiger partial charge < -0.3 is 10.1 Å². The first-order valence-electron chi connectivity index (χ1n) is 7.02. The van der Waals surface area contributed by atoms with Crippen LogP contribution in [0.5, 0.6) is 0 Å². The fraction of sp³-hybridized carbons (Fsp3) is 1.00. The van der Waals surface area contributed by atoms with Gasteiger partial charge in [-0.25, -0.2) is 0 Å². The van der Waals surface area contributed by atoms with E-state index < -0.39 is 0 Å². The number of rotatable bonds is 3. The van der Waals surface area contributed by atoms with E-state index >= 15 is 0 Å². The fourth-order valence-corrected chi connectivity index (χ4v) is 3.57. The molecule has 0 aliphatic carbocycles. The van der Waals surface area contributed by atoms with E-state index in [2.05, 4.69) is 10.2 Å². The molecule has 3 unspecified atom stereocenters. The lowest BCUT2D eigenvalue weighted by Crippen LogP contribution is -2.46. The van der Waals surface area contributed by atoms with Crippen LogP contribution in [0, 0.1) is 0 Å². The van der Waals surface area contributed by atoms with Crippen LogP contribution in [-0.4, -0.2) is 49.3 Å². The molecule has 3 heteroatoms. The minimum Gasteiger partial charge on any atom is -0.377 e. The van der Waals surface area contributed by atoms with Gasteiger partial charge in [-0.05, 0) is 38.6 Å². The number of fused-ring (bicyclic) bond motifs is 1. The zero-order chi connectivity index (χ0) is 10.8. The first kappa shape index (κ1) is 11.0. The van der Waals surface area contributed by atoms with Crippen LogP contribution < -0.4 is 5.32 Å². The van der Waals surface area contributed by atoms with Gasteiger partial charge in [-0.3, -0.25) is 4.90 Å². The molecule has 0 saturated carbocycles. The molecule has 0 radical (unpaired) electrons. The number of nitrogens with one attached hydrogen (secondary N) is 1. The van der Waals surface area contributed by atoms with Crippen molar-refractivity contribution in [2.75, 3.05) is 26.2 Å². The van der Waals surface area contributed by atoms with Crippen LogP contribution in [0.25, 0.3) is 0 Å². The van der Waals surface area contributed by atoms with E-state index in [0.29, 0.717) is 6.10 Å². The maximum absolute atomic E-state index is 5.67. The largest absolute Gasteiger partial charge is 0.377 e. The van der Waals surface area contributed by atoms with E-state index in [9.17, 15) is 0 Å². The summed E-state index contributed by atoms with van der Waals surface area (Å²) in [4.78, 5) is 2.69. The van der Waals surface area contributed by atoms with Crippen molar-refractivity contribution >= 4 is 0 Å². The zero-order valence-electron chi connectivity index (χ0n) is 10.2. The lowest BCUT2D eigenvalue weighted by atomic mass is 9.99. The van der Waals surface area contributed by atoms with E-state index in [-0.39, 0.29) is 0 Å². The molecular formula is C13H24N2O. The standard InChI is InChI=1S/C13H24N2O/c1-2-7-15-8-6-12(13(15)5-1)14-10-11-4-3-9-16-11/h11-14H,1-10H2. The summed E-state index contributed by atoms with van der Waals surface area (Å²) in [6.45, 7) is 4.71. The van der Waals surface area contributed by atoms with Crippen molar-refractivity contribution in [3.8, 4) is 0 Å². The molecule has 1 N–H and O–H groups in total. The molecule has 0 amide bonds. The molecule has 0 aromatic rings. The van der Waals surface area contributed by atoms with Gasteiger partial charge in [-0.1, -0.05) is 6.42 Å². The number of hydrogen-bond acceptors (Lipinski definition) is 3. The highest BCUT2D eigenvalue weighted by Gasteiger charge is 2.35. The summed E-state index contributed by atoms with van der Waals surface area (Å²) in [5.41, 5.74) is 0. The summed E-state index contributed by atoms with van der Waals surface area (Å²) in [5, 5.41) is 3.76. The lowest BCUT2D eigenvalue weighted by molar-refractivity contribution is 0.103. The molecule has 3 fully saturated rings. The van der Waals surface area contributed by atoms with Crippen LogP contribution in [0.4, 0.5) is 0 Å². The lowest BCUT2D eigenvalue weighted by Gasteiger charge is -2.33. The molecule has 16 heavy (non-hydrogen) atoms. The maximum Gasteiger partial charge on any atom is 0.0700 e.